The molecule has 0 unspecified atom stereocenters. The Morgan fingerprint density at radius 1 is 1.30 bits per heavy atom. The predicted octanol–water partition coefficient (Wildman–Crippen LogP) is 2.05. The summed E-state index contributed by atoms with van der Waals surface area (Å²) in [5.41, 5.74) is -1.10. The Hall–Kier alpha value is -1.49. The highest BCUT2D eigenvalue weighted by molar-refractivity contribution is 9.10. The van der Waals surface area contributed by atoms with Crippen LogP contribution in [0.15, 0.2) is 21.9 Å². The average molecular weight is 371 g/mol. The first-order valence-electron chi connectivity index (χ1n) is 4.95. The van der Waals surface area contributed by atoms with Gasteiger partial charge in [-0.3, -0.25) is 0 Å². The lowest BCUT2D eigenvalue weighted by Gasteiger charge is -2.02. The molecule has 0 fully saturated rings. The van der Waals surface area contributed by atoms with Crippen LogP contribution in [0.1, 0.15) is 5.69 Å². The van der Waals surface area contributed by atoms with Crippen molar-refractivity contribution in [3.63, 3.8) is 0 Å². The van der Waals surface area contributed by atoms with E-state index in [0.29, 0.717) is 0 Å². The molecule has 0 aliphatic carbocycles. The molecule has 0 amide bonds. The minimum Gasteiger partial charge on any atom is -0.331 e. The fourth-order valence-electron chi connectivity index (χ4n) is 1.31. The molecule has 0 aliphatic heterocycles. The van der Waals surface area contributed by atoms with E-state index >= 15 is 0 Å². The third-order valence-corrected chi connectivity index (χ3v) is 3.73. The van der Waals surface area contributed by atoms with Gasteiger partial charge in [-0.2, -0.15) is 13.2 Å². The predicted molar refractivity (Wildman–Crippen MR) is 65.4 cm³/mol. The zero-order valence-electron chi connectivity index (χ0n) is 9.73. The summed E-state index contributed by atoms with van der Waals surface area (Å²) < 4.78 is 60.0. The molecule has 11 heteroatoms. The molecule has 2 aromatic heterocycles. The normalized spacial score (nSPS) is 12.7. The van der Waals surface area contributed by atoms with Gasteiger partial charge in [-0.05, 0) is 22.0 Å². The monoisotopic (exact) mass is 370 g/mol. The maximum Gasteiger partial charge on any atom is 0.433 e. The van der Waals surface area contributed by atoms with Gasteiger partial charge in [0.05, 0.1) is 0 Å². The van der Waals surface area contributed by atoms with Crippen LogP contribution < -0.4 is 0 Å². The number of aromatic amines is 1. The molecule has 2 aromatic rings. The molecule has 108 valence electrons. The van der Waals surface area contributed by atoms with Crippen molar-refractivity contribution in [3.05, 3.63) is 22.6 Å². The Morgan fingerprint density at radius 2 is 1.95 bits per heavy atom. The van der Waals surface area contributed by atoms with Crippen molar-refractivity contribution in [2.45, 2.75) is 11.2 Å². The fraction of sp³-hybridized carbons (Fsp3) is 0.222. The first-order valence-corrected chi connectivity index (χ1v) is 7.63. The lowest BCUT2D eigenvalue weighted by Crippen LogP contribution is -2.06. The Morgan fingerprint density at radius 3 is 2.45 bits per heavy atom. The number of rotatable bonds is 2. The summed E-state index contributed by atoms with van der Waals surface area (Å²) in [6.45, 7) is 0. The van der Waals surface area contributed by atoms with E-state index in [4.69, 9.17) is 0 Å². The van der Waals surface area contributed by atoms with Crippen molar-refractivity contribution in [2.24, 2.45) is 0 Å². The molecule has 6 nitrogen and oxygen atoms in total. The average Bonchev–Trinajstić information content (AvgIpc) is 2.70. The molecule has 0 bridgehead atoms. The van der Waals surface area contributed by atoms with Crippen LogP contribution in [0.3, 0.4) is 0 Å². The third-order valence-electron chi connectivity index (χ3n) is 2.16. The molecule has 0 saturated heterocycles. The molecule has 2 rings (SSSR count). The summed E-state index contributed by atoms with van der Waals surface area (Å²) in [5, 5.41) is -0.302. The van der Waals surface area contributed by atoms with Crippen molar-refractivity contribution >= 4 is 25.8 Å². The van der Waals surface area contributed by atoms with Crippen molar-refractivity contribution in [1.82, 2.24) is 19.9 Å². The van der Waals surface area contributed by atoms with Gasteiger partial charge in [0.1, 0.15) is 4.60 Å². The number of halogens is 4. The molecule has 20 heavy (non-hydrogen) atoms. The number of sulfone groups is 1. The quantitative estimate of drug-likeness (QED) is 0.817. The topological polar surface area (TPSA) is 88.6 Å². The number of imidazole rings is 1. The largest absolute Gasteiger partial charge is 0.433 e. The van der Waals surface area contributed by atoms with Gasteiger partial charge in [-0.1, -0.05) is 0 Å². The molecule has 0 atom stereocenters. The lowest BCUT2D eigenvalue weighted by molar-refractivity contribution is -0.141. The van der Waals surface area contributed by atoms with Gasteiger partial charge in [-0.15, -0.1) is 0 Å². The van der Waals surface area contributed by atoms with Gasteiger partial charge in [0.15, 0.2) is 32.2 Å². The van der Waals surface area contributed by atoms with Crippen molar-refractivity contribution in [1.29, 1.82) is 0 Å². The Kier molecular flexibility index (Phi) is 3.58. The van der Waals surface area contributed by atoms with E-state index < -0.39 is 26.3 Å². The minimum absolute atomic E-state index is 0.246. The van der Waals surface area contributed by atoms with E-state index in [0.717, 1.165) is 18.5 Å². The standard InChI is InChI=1S/C9H6BrF3N4O2S/c1-20(18,19)4-2-3-14-7(15-4)8-16-5(6(10)17-8)9(11,12)13/h2-3H,1H3,(H,16,17). The minimum atomic E-state index is -4.63. The van der Waals surface area contributed by atoms with Crippen LogP contribution in [0.25, 0.3) is 11.6 Å². The maximum atomic E-state index is 12.6. The van der Waals surface area contributed by atoms with Crippen LogP contribution in [-0.2, 0) is 16.0 Å². The Balaban J connectivity index is 2.53. The molecule has 0 spiro atoms. The Labute approximate surface area is 119 Å². The number of nitrogens with one attached hydrogen (secondary N) is 1. The smallest absolute Gasteiger partial charge is 0.331 e. The lowest BCUT2D eigenvalue weighted by atomic mass is 10.5. The van der Waals surface area contributed by atoms with Crippen LogP contribution in [0, 0.1) is 0 Å². The van der Waals surface area contributed by atoms with Gasteiger partial charge in [0.2, 0.25) is 0 Å². The molecule has 2 heterocycles. The van der Waals surface area contributed by atoms with E-state index in [1.54, 1.807) is 0 Å². The van der Waals surface area contributed by atoms with E-state index in [-0.39, 0.29) is 16.7 Å². The number of aromatic nitrogens is 4. The van der Waals surface area contributed by atoms with E-state index in [1.165, 1.54) is 0 Å². The van der Waals surface area contributed by atoms with Gasteiger partial charge in [-0.25, -0.2) is 23.4 Å². The third kappa shape index (κ3) is 2.98. The molecule has 0 aliphatic rings. The summed E-state index contributed by atoms with van der Waals surface area (Å²) in [6, 6.07) is 1.14. The van der Waals surface area contributed by atoms with Crippen molar-refractivity contribution in [3.8, 4) is 11.6 Å². The van der Waals surface area contributed by atoms with Crippen molar-refractivity contribution < 1.29 is 21.6 Å². The van der Waals surface area contributed by atoms with Gasteiger partial charge in [0, 0.05) is 12.5 Å². The second-order valence-electron chi connectivity index (χ2n) is 3.74. The first kappa shape index (κ1) is 14.9. The zero-order chi connectivity index (χ0) is 15.1. The number of nitrogens with zero attached hydrogens (tertiary/aromatic N) is 3. The zero-order valence-corrected chi connectivity index (χ0v) is 12.1. The van der Waals surface area contributed by atoms with Crippen molar-refractivity contribution in [2.75, 3.05) is 6.26 Å². The van der Waals surface area contributed by atoms with Gasteiger partial charge in [0.25, 0.3) is 0 Å². The molecule has 0 radical (unpaired) electrons. The number of H-pyrrole nitrogens is 1. The number of alkyl halides is 3. The maximum absolute atomic E-state index is 12.6. The highest BCUT2D eigenvalue weighted by atomic mass is 79.9. The number of hydrogen-bond acceptors (Lipinski definition) is 5. The molecule has 0 saturated carbocycles. The van der Waals surface area contributed by atoms with Crippen LogP contribution in [0.5, 0.6) is 0 Å². The van der Waals surface area contributed by atoms with E-state index in [1.807, 2.05) is 4.98 Å². The molecule has 0 aromatic carbocycles. The summed E-state index contributed by atoms with van der Waals surface area (Å²) in [7, 11) is -3.59. The molecule has 1 N–H and O–H groups in total. The summed E-state index contributed by atoms with van der Waals surface area (Å²) in [5.74, 6) is -0.529. The Bertz CT molecular complexity index is 757. The van der Waals surface area contributed by atoms with Crippen LogP contribution >= 0.6 is 15.9 Å². The highest BCUT2D eigenvalue weighted by Gasteiger charge is 2.36. The second kappa shape index (κ2) is 4.81. The molecular weight excluding hydrogens is 365 g/mol. The van der Waals surface area contributed by atoms with Gasteiger partial charge < -0.3 is 4.98 Å². The van der Waals surface area contributed by atoms with Crippen LogP contribution in [-0.4, -0.2) is 34.6 Å². The SMILES string of the molecule is CS(=O)(=O)c1ccnc(-c2nc(Br)c(C(F)(F)F)[nH]2)n1. The van der Waals surface area contributed by atoms with Crippen LogP contribution in [0.4, 0.5) is 13.2 Å². The highest BCUT2D eigenvalue weighted by Crippen LogP contribution is 2.34. The summed E-state index contributed by atoms with van der Waals surface area (Å²) >= 11 is 2.67. The number of hydrogen-bond donors (Lipinski definition) is 1. The molecular formula is C9H6BrF3N4O2S. The summed E-state index contributed by atoms with van der Waals surface area (Å²) in [6.07, 6.45) is -2.57. The van der Waals surface area contributed by atoms with E-state index in [2.05, 4.69) is 30.9 Å². The van der Waals surface area contributed by atoms with Gasteiger partial charge >= 0.3 is 6.18 Å². The summed E-state index contributed by atoms with van der Waals surface area (Å²) in [4.78, 5) is 13.0. The fourth-order valence-corrected chi connectivity index (χ4v) is 2.37. The first-order chi connectivity index (χ1) is 9.09. The van der Waals surface area contributed by atoms with E-state index in [9.17, 15) is 21.6 Å². The second-order valence-corrected chi connectivity index (χ2v) is 6.45. The van der Waals surface area contributed by atoms with Crippen LogP contribution in [0.2, 0.25) is 0 Å².